The molecule has 0 amide bonds. The molecule has 0 bridgehead atoms. The topological polar surface area (TPSA) is 75.5 Å². The Kier molecular flexibility index (Phi) is 4.93. The van der Waals surface area contributed by atoms with E-state index in [-0.39, 0.29) is 11.4 Å². The Bertz CT molecular complexity index is 1340. The summed E-state index contributed by atoms with van der Waals surface area (Å²) in [4.78, 5) is 23.2. The predicted molar refractivity (Wildman–Crippen MR) is 120 cm³/mol. The highest BCUT2D eigenvalue weighted by molar-refractivity contribution is 5.94. The van der Waals surface area contributed by atoms with Gasteiger partial charge in [-0.15, -0.1) is 0 Å². The molecule has 0 saturated carbocycles. The number of carboxylic acid groups (broad SMARTS) is 1. The largest absolute Gasteiger partial charge is 0.497 e. The molecule has 1 aromatic heterocycles. The smallest absolute Gasteiger partial charge is 0.335 e. The van der Waals surface area contributed by atoms with E-state index in [1.165, 1.54) is 29.8 Å². The van der Waals surface area contributed by atoms with Gasteiger partial charge in [-0.1, -0.05) is 6.07 Å². The summed E-state index contributed by atoms with van der Waals surface area (Å²) in [5, 5.41) is 9.40. The average molecular weight is 429 g/mol. The maximum atomic E-state index is 13.6. The Balaban J connectivity index is 1.76. The molecule has 4 aromatic rings. The number of ether oxygens (including phenoxy) is 1. The van der Waals surface area contributed by atoms with Crippen LogP contribution < -0.4 is 9.64 Å². The zero-order valence-electron chi connectivity index (χ0n) is 17.4. The number of fused-ring (bicyclic) bond motifs is 2. The molecule has 6 nitrogen and oxygen atoms in total. The van der Waals surface area contributed by atoms with Gasteiger partial charge in [-0.25, -0.2) is 19.2 Å². The Labute approximate surface area is 183 Å². The van der Waals surface area contributed by atoms with Crippen LogP contribution in [0.4, 0.5) is 15.9 Å². The van der Waals surface area contributed by atoms with Crippen molar-refractivity contribution in [2.24, 2.45) is 0 Å². The van der Waals surface area contributed by atoms with Gasteiger partial charge in [0, 0.05) is 23.9 Å². The van der Waals surface area contributed by atoms with Crippen molar-refractivity contribution in [2.45, 2.75) is 12.8 Å². The molecule has 2 heterocycles. The van der Waals surface area contributed by atoms with Crippen LogP contribution in [0.25, 0.3) is 22.3 Å². The van der Waals surface area contributed by atoms with E-state index >= 15 is 0 Å². The molecule has 0 unspecified atom stereocenters. The van der Waals surface area contributed by atoms with Crippen molar-refractivity contribution in [2.75, 3.05) is 18.6 Å². The number of benzene rings is 3. The molecule has 1 N–H and O–H groups in total. The minimum atomic E-state index is -1.02. The third kappa shape index (κ3) is 3.51. The van der Waals surface area contributed by atoms with E-state index in [0.29, 0.717) is 29.1 Å². The SMILES string of the molecule is COc1ccc2c(c1)N(c1nc3cc(C(=O)O)ccc3nc1-c1ccc(F)cc1)CCC2. The minimum Gasteiger partial charge on any atom is -0.497 e. The molecule has 3 aromatic carbocycles. The number of hydrogen-bond acceptors (Lipinski definition) is 5. The normalized spacial score (nSPS) is 13.1. The van der Waals surface area contributed by atoms with Gasteiger partial charge in [0.25, 0.3) is 0 Å². The highest BCUT2D eigenvalue weighted by Crippen LogP contribution is 2.39. The van der Waals surface area contributed by atoms with E-state index in [1.807, 2.05) is 12.1 Å². The Hall–Kier alpha value is -4.00. The van der Waals surface area contributed by atoms with Crippen LogP contribution in [0.1, 0.15) is 22.3 Å². The molecule has 0 radical (unpaired) electrons. The highest BCUT2D eigenvalue weighted by atomic mass is 19.1. The number of rotatable bonds is 4. The van der Waals surface area contributed by atoms with Gasteiger partial charge in [-0.2, -0.15) is 0 Å². The van der Waals surface area contributed by atoms with Crippen LogP contribution >= 0.6 is 0 Å². The molecule has 0 atom stereocenters. The number of aromatic carboxylic acids is 1. The molecular weight excluding hydrogens is 409 g/mol. The van der Waals surface area contributed by atoms with Crippen molar-refractivity contribution in [1.29, 1.82) is 0 Å². The number of carboxylic acids is 1. The molecule has 0 aliphatic carbocycles. The van der Waals surface area contributed by atoms with Crippen LogP contribution in [0.5, 0.6) is 5.75 Å². The summed E-state index contributed by atoms with van der Waals surface area (Å²) >= 11 is 0. The van der Waals surface area contributed by atoms with Crippen molar-refractivity contribution in [3.05, 3.63) is 77.6 Å². The Morgan fingerprint density at radius 1 is 1.03 bits per heavy atom. The van der Waals surface area contributed by atoms with Crippen LogP contribution in [0.2, 0.25) is 0 Å². The monoisotopic (exact) mass is 429 g/mol. The lowest BCUT2D eigenvalue weighted by Gasteiger charge is -2.32. The van der Waals surface area contributed by atoms with Crippen LogP contribution in [0.15, 0.2) is 60.7 Å². The standard InChI is InChI=1S/C25H20FN3O3/c1-32-19-10-6-15-3-2-12-29(22(15)14-19)24-23(16-4-8-18(26)9-5-16)27-20-11-7-17(25(30)31)13-21(20)28-24/h4-11,13-14H,2-3,12H2,1H3,(H,30,31). The summed E-state index contributed by atoms with van der Waals surface area (Å²) in [5.74, 6) is -0.0177. The van der Waals surface area contributed by atoms with Gasteiger partial charge in [0.1, 0.15) is 17.3 Å². The maximum absolute atomic E-state index is 13.6. The summed E-state index contributed by atoms with van der Waals surface area (Å²) in [7, 11) is 1.63. The number of hydrogen-bond donors (Lipinski definition) is 1. The summed E-state index contributed by atoms with van der Waals surface area (Å²) in [5.41, 5.74) is 4.68. The molecule has 1 aliphatic heterocycles. The fraction of sp³-hybridized carbons (Fsp3) is 0.160. The number of nitrogens with zero attached hydrogens (tertiary/aromatic N) is 3. The summed E-state index contributed by atoms with van der Waals surface area (Å²) < 4.78 is 19.0. The second-order valence-electron chi connectivity index (χ2n) is 7.66. The number of anilines is 2. The minimum absolute atomic E-state index is 0.146. The molecule has 0 saturated heterocycles. The van der Waals surface area contributed by atoms with E-state index < -0.39 is 5.97 Å². The third-order valence-corrected chi connectivity index (χ3v) is 5.68. The first-order valence-electron chi connectivity index (χ1n) is 10.3. The predicted octanol–water partition coefficient (Wildman–Crippen LogP) is 5.23. The van der Waals surface area contributed by atoms with Crippen molar-refractivity contribution in [1.82, 2.24) is 9.97 Å². The number of halogens is 1. The van der Waals surface area contributed by atoms with E-state index in [2.05, 4.69) is 11.0 Å². The van der Waals surface area contributed by atoms with Gasteiger partial charge in [0.15, 0.2) is 5.82 Å². The third-order valence-electron chi connectivity index (χ3n) is 5.68. The van der Waals surface area contributed by atoms with Gasteiger partial charge in [0.05, 0.1) is 23.7 Å². The fourth-order valence-corrected chi connectivity index (χ4v) is 4.07. The lowest BCUT2D eigenvalue weighted by molar-refractivity contribution is 0.0697. The Morgan fingerprint density at radius 2 is 1.84 bits per heavy atom. The molecule has 32 heavy (non-hydrogen) atoms. The molecule has 7 heteroatoms. The fourth-order valence-electron chi connectivity index (χ4n) is 4.07. The Morgan fingerprint density at radius 3 is 2.59 bits per heavy atom. The first kappa shape index (κ1) is 19.9. The van der Waals surface area contributed by atoms with E-state index in [1.54, 1.807) is 25.3 Å². The first-order valence-corrected chi connectivity index (χ1v) is 10.3. The van der Waals surface area contributed by atoms with Crippen LogP contribution in [-0.2, 0) is 6.42 Å². The van der Waals surface area contributed by atoms with E-state index in [9.17, 15) is 14.3 Å². The van der Waals surface area contributed by atoms with Crippen LogP contribution in [-0.4, -0.2) is 34.7 Å². The summed E-state index contributed by atoms with van der Waals surface area (Å²) in [6, 6.07) is 16.8. The van der Waals surface area contributed by atoms with Gasteiger partial charge in [0.2, 0.25) is 0 Å². The molecule has 1 aliphatic rings. The number of aromatic nitrogens is 2. The zero-order valence-corrected chi connectivity index (χ0v) is 17.4. The summed E-state index contributed by atoms with van der Waals surface area (Å²) in [6.07, 6.45) is 1.86. The van der Waals surface area contributed by atoms with Crippen molar-refractivity contribution in [3.63, 3.8) is 0 Å². The van der Waals surface area contributed by atoms with Crippen molar-refractivity contribution < 1.29 is 19.0 Å². The molecule has 0 spiro atoms. The average Bonchev–Trinajstić information content (AvgIpc) is 2.82. The molecule has 160 valence electrons. The lowest BCUT2D eigenvalue weighted by Crippen LogP contribution is -2.26. The molecular formula is C25H20FN3O3. The lowest BCUT2D eigenvalue weighted by atomic mass is 10.0. The number of carbonyl (C=O) groups is 1. The van der Waals surface area contributed by atoms with Crippen molar-refractivity contribution >= 4 is 28.5 Å². The number of aryl methyl sites for hydroxylation is 1. The summed E-state index contributed by atoms with van der Waals surface area (Å²) in [6.45, 7) is 0.715. The van der Waals surface area contributed by atoms with Gasteiger partial charge < -0.3 is 14.7 Å². The maximum Gasteiger partial charge on any atom is 0.335 e. The van der Waals surface area contributed by atoms with Gasteiger partial charge in [-0.05, 0) is 66.9 Å². The van der Waals surface area contributed by atoms with E-state index in [0.717, 1.165) is 29.8 Å². The second kappa shape index (κ2) is 7.92. The van der Waals surface area contributed by atoms with Crippen LogP contribution in [0, 0.1) is 5.82 Å². The highest BCUT2D eigenvalue weighted by Gasteiger charge is 2.24. The first-order chi connectivity index (χ1) is 15.5. The van der Waals surface area contributed by atoms with Crippen molar-refractivity contribution in [3.8, 4) is 17.0 Å². The second-order valence-corrected chi connectivity index (χ2v) is 7.66. The van der Waals surface area contributed by atoms with Crippen LogP contribution in [0.3, 0.4) is 0 Å². The van der Waals surface area contributed by atoms with E-state index in [4.69, 9.17) is 14.7 Å². The quantitative estimate of drug-likeness (QED) is 0.479. The molecule has 0 fully saturated rings. The van der Waals surface area contributed by atoms with Gasteiger partial charge in [-0.3, -0.25) is 0 Å². The zero-order chi connectivity index (χ0) is 22.2. The van der Waals surface area contributed by atoms with Gasteiger partial charge >= 0.3 is 5.97 Å². The number of methoxy groups -OCH3 is 1. The molecule has 5 rings (SSSR count).